The Kier molecular flexibility index (Phi) is 3.19. The van der Waals surface area contributed by atoms with Crippen LogP contribution in [0, 0.1) is 11.7 Å². The average molecular weight is 222 g/mol. The second-order valence-electron chi connectivity index (χ2n) is 4.21. The second kappa shape index (κ2) is 4.61. The molecule has 3 nitrogen and oxygen atoms in total. The summed E-state index contributed by atoms with van der Waals surface area (Å²) in [4.78, 5) is 13.4. The molecule has 1 saturated heterocycles. The van der Waals surface area contributed by atoms with Crippen molar-refractivity contribution in [3.63, 3.8) is 0 Å². The van der Waals surface area contributed by atoms with Crippen LogP contribution in [0.15, 0.2) is 24.3 Å². The maximum atomic E-state index is 13.0. The third-order valence-electron chi connectivity index (χ3n) is 2.89. The van der Waals surface area contributed by atoms with Crippen LogP contribution in [0.25, 0.3) is 0 Å². The maximum Gasteiger partial charge on any atom is 0.223 e. The molecule has 0 aromatic heterocycles. The van der Waals surface area contributed by atoms with E-state index in [0.717, 1.165) is 5.56 Å². The van der Waals surface area contributed by atoms with E-state index >= 15 is 0 Å². The van der Waals surface area contributed by atoms with Crippen LogP contribution < -0.4 is 5.73 Å². The number of nitrogens with two attached hydrogens (primary N) is 1. The summed E-state index contributed by atoms with van der Waals surface area (Å²) in [5, 5.41) is 0. The maximum absolute atomic E-state index is 13.0. The predicted molar refractivity (Wildman–Crippen MR) is 59.0 cm³/mol. The van der Waals surface area contributed by atoms with Crippen molar-refractivity contribution in [3.8, 4) is 0 Å². The van der Waals surface area contributed by atoms with Gasteiger partial charge in [0.15, 0.2) is 0 Å². The standard InChI is InChI=1S/C12H15FN2O/c13-11-3-1-2-9(4-11)7-15-8-10(6-14)5-12(15)16/h1-4,10H,5-8,14H2. The van der Waals surface area contributed by atoms with E-state index in [1.54, 1.807) is 11.0 Å². The minimum atomic E-state index is -0.264. The molecule has 0 aliphatic carbocycles. The van der Waals surface area contributed by atoms with E-state index < -0.39 is 0 Å². The number of carbonyl (C=O) groups is 1. The van der Waals surface area contributed by atoms with Gasteiger partial charge in [0.25, 0.3) is 0 Å². The molecular formula is C12H15FN2O. The summed E-state index contributed by atoms with van der Waals surface area (Å²) in [6.45, 7) is 1.70. The number of benzene rings is 1. The van der Waals surface area contributed by atoms with Crippen LogP contribution in [0.3, 0.4) is 0 Å². The molecule has 0 radical (unpaired) electrons. The normalized spacial score (nSPS) is 20.5. The average Bonchev–Trinajstić information content (AvgIpc) is 2.60. The largest absolute Gasteiger partial charge is 0.338 e. The summed E-state index contributed by atoms with van der Waals surface area (Å²) in [5.74, 6) is 0.0975. The van der Waals surface area contributed by atoms with Gasteiger partial charge in [-0.05, 0) is 30.2 Å². The van der Waals surface area contributed by atoms with Gasteiger partial charge in [-0.2, -0.15) is 0 Å². The number of amides is 1. The van der Waals surface area contributed by atoms with Crippen molar-refractivity contribution in [1.82, 2.24) is 4.90 Å². The molecule has 1 amide bonds. The van der Waals surface area contributed by atoms with Crippen LogP contribution in [-0.2, 0) is 11.3 Å². The lowest BCUT2D eigenvalue weighted by atomic mass is 10.1. The molecule has 1 aliphatic rings. The van der Waals surface area contributed by atoms with E-state index in [2.05, 4.69) is 0 Å². The van der Waals surface area contributed by atoms with Crippen LogP contribution in [-0.4, -0.2) is 23.9 Å². The molecule has 0 saturated carbocycles. The van der Waals surface area contributed by atoms with E-state index in [1.165, 1.54) is 12.1 Å². The highest BCUT2D eigenvalue weighted by Crippen LogP contribution is 2.19. The first kappa shape index (κ1) is 11.1. The molecule has 16 heavy (non-hydrogen) atoms. The first-order chi connectivity index (χ1) is 7.69. The fourth-order valence-corrected chi connectivity index (χ4v) is 2.02. The lowest BCUT2D eigenvalue weighted by molar-refractivity contribution is -0.128. The van der Waals surface area contributed by atoms with Crippen molar-refractivity contribution in [3.05, 3.63) is 35.6 Å². The molecule has 2 rings (SSSR count). The van der Waals surface area contributed by atoms with Gasteiger partial charge in [0.1, 0.15) is 5.82 Å². The lowest BCUT2D eigenvalue weighted by Gasteiger charge is -2.16. The number of hydrogen-bond acceptors (Lipinski definition) is 2. The highest BCUT2D eigenvalue weighted by atomic mass is 19.1. The highest BCUT2D eigenvalue weighted by Gasteiger charge is 2.28. The number of nitrogens with zero attached hydrogens (tertiary/aromatic N) is 1. The van der Waals surface area contributed by atoms with Gasteiger partial charge in [0, 0.05) is 19.5 Å². The first-order valence-electron chi connectivity index (χ1n) is 5.41. The van der Waals surface area contributed by atoms with Crippen LogP contribution in [0.2, 0.25) is 0 Å². The third kappa shape index (κ3) is 2.39. The Bertz CT molecular complexity index is 394. The Morgan fingerprint density at radius 2 is 2.31 bits per heavy atom. The number of likely N-dealkylation sites (tertiary alicyclic amines) is 1. The summed E-state index contributed by atoms with van der Waals surface area (Å²) in [7, 11) is 0. The summed E-state index contributed by atoms with van der Waals surface area (Å²) >= 11 is 0. The summed E-state index contributed by atoms with van der Waals surface area (Å²) in [6, 6.07) is 6.35. The molecule has 1 aromatic carbocycles. The topological polar surface area (TPSA) is 46.3 Å². The summed E-state index contributed by atoms with van der Waals surface area (Å²) in [6.07, 6.45) is 0.520. The number of rotatable bonds is 3. The molecule has 1 fully saturated rings. The van der Waals surface area contributed by atoms with Crippen molar-refractivity contribution >= 4 is 5.91 Å². The molecule has 0 bridgehead atoms. The van der Waals surface area contributed by atoms with Crippen LogP contribution in [0.5, 0.6) is 0 Å². The van der Waals surface area contributed by atoms with Gasteiger partial charge in [-0.25, -0.2) is 4.39 Å². The molecule has 1 atom stereocenters. The van der Waals surface area contributed by atoms with Gasteiger partial charge in [0.05, 0.1) is 0 Å². The lowest BCUT2D eigenvalue weighted by Crippen LogP contribution is -2.25. The number of halogens is 1. The smallest absolute Gasteiger partial charge is 0.223 e. The van der Waals surface area contributed by atoms with Gasteiger partial charge in [-0.15, -0.1) is 0 Å². The Labute approximate surface area is 94.0 Å². The zero-order chi connectivity index (χ0) is 11.5. The fourth-order valence-electron chi connectivity index (χ4n) is 2.02. The van der Waals surface area contributed by atoms with E-state index in [4.69, 9.17) is 5.73 Å². The van der Waals surface area contributed by atoms with Gasteiger partial charge < -0.3 is 10.6 Å². The Balaban J connectivity index is 2.03. The Morgan fingerprint density at radius 3 is 2.94 bits per heavy atom. The Hall–Kier alpha value is -1.42. The summed E-state index contributed by atoms with van der Waals surface area (Å²) < 4.78 is 13.0. The van der Waals surface area contributed by atoms with E-state index in [-0.39, 0.29) is 17.6 Å². The number of carbonyl (C=O) groups excluding carboxylic acids is 1. The molecule has 1 unspecified atom stereocenters. The van der Waals surface area contributed by atoms with E-state index in [0.29, 0.717) is 26.1 Å². The van der Waals surface area contributed by atoms with Gasteiger partial charge >= 0.3 is 0 Å². The molecular weight excluding hydrogens is 207 g/mol. The predicted octanol–water partition coefficient (Wildman–Crippen LogP) is 1.13. The molecule has 1 heterocycles. The van der Waals surface area contributed by atoms with Crippen molar-refractivity contribution in [1.29, 1.82) is 0 Å². The van der Waals surface area contributed by atoms with Crippen LogP contribution >= 0.6 is 0 Å². The van der Waals surface area contributed by atoms with Crippen molar-refractivity contribution in [2.45, 2.75) is 13.0 Å². The first-order valence-corrected chi connectivity index (χ1v) is 5.41. The number of hydrogen-bond donors (Lipinski definition) is 1. The molecule has 86 valence electrons. The van der Waals surface area contributed by atoms with Crippen LogP contribution in [0.4, 0.5) is 4.39 Å². The quantitative estimate of drug-likeness (QED) is 0.833. The van der Waals surface area contributed by atoms with E-state index in [1.807, 2.05) is 6.07 Å². The zero-order valence-corrected chi connectivity index (χ0v) is 9.03. The molecule has 0 spiro atoms. The molecule has 2 N–H and O–H groups in total. The van der Waals surface area contributed by atoms with Gasteiger partial charge in [-0.1, -0.05) is 12.1 Å². The fraction of sp³-hybridized carbons (Fsp3) is 0.417. The van der Waals surface area contributed by atoms with Crippen molar-refractivity contribution in [2.24, 2.45) is 11.7 Å². The minimum absolute atomic E-state index is 0.111. The zero-order valence-electron chi connectivity index (χ0n) is 9.03. The molecule has 1 aromatic rings. The van der Waals surface area contributed by atoms with Crippen LogP contribution in [0.1, 0.15) is 12.0 Å². The SMILES string of the molecule is NCC1CC(=O)N(Cc2cccc(F)c2)C1. The molecule has 4 heteroatoms. The third-order valence-corrected chi connectivity index (χ3v) is 2.89. The monoisotopic (exact) mass is 222 g/mol. The summed E-state index contributed by atoms with van der Waals surface area (Å²) in [5.41, 5.74) is 6.36. The van der Waals surface area contributed by atoms with Crippen molar-refractivity contribution < 1.29 is 9.18 Å². The van der Waals surface area contributed by atoms with Gasteiger partial charge in [-0.3, -0.25) is 4.79 Å². The highest BCUT2D eigenvalue weighted by molar-refractivity contribution is 5.78. The van der Waals surface area contributed by atoms with E-state index in [9.17, 15) is 9.18 Å². The Morgan fingerprint density at radius 1 is 1.50 bits per heavy atom. The molecule has 1 aliphatic heterocycles. The van der Waals surface area contributed by atoms with Crippen molar-refractivity contribution in [2.75, 3.05) is 13.1 Å². The minimum Gasteiger partial charge on any atom is -0.338 e. The van der Waals surface area contributed by atoms with Gasteiger partial charge in [0.2, 0.25) is 5.91 Å². The second-order valence-corrected chi connectivity index (χ2v) is 4.21.